The number of benzene rings is 1. The van der Waals surface area contributed by atoms with E-state index in [9.17, 15) is 0 Å². The number of halogens is 1. The van der Waals surface area contributed by atoms with Crippen LogP contribution in [0, 0.1) is 0 Å². The Morgan fingerprint density at radius 2 is 1.93 bits per heavy atom. The highest BCUT2D eigenvalue weighted by atomic mass is 79.9. The molecule has 0 aliphatic carbocycles. The van der Waals surface area contributed by atoms with Crippen molar-refractivity contribution >= 4 is 15.9 Å². The van der Waals surface area contributed by atoms with E-state index in [1.165, 1.54) is 0 Å². The number of hydrogen-bond acceptors (Lipinski definition) is 1. The highest BCUT2D eigenvalue weighted by Gasteiger charge is 1.94. The Labute approximate surface area is 97.6 Å². The lowest BCUT2D eigenvalue weighted by Gasteiger charge is -2.06. The van der Waals surface area contributed by atoms with Crippen molar-refractivity contribution < 1.29 is 4.74 Å². The van der Waals surface area contributed by atoms with Gasteiger partial charge in [-0.1, -0.05) is 22.0 Å². The maximum absolute atomic E-state index is 5.61. The molecule has 2 aromatic rings. The summed E-state index contributed by atoms with van der Waals surface area (Å²) < 4.78 is 8.75. The van der Waals surface area contributed by atoms with E-state index in [-0.39, 0.29) is 0 Å². The van der Waals surface area contributed by atoms with Crippen molar-refractivity contribution in [1.82, 2.24) is 4.57 Å². The lowest BCUT2D eigenvalue weighted by molar-refractivity contribution is 0.298. The molecule has 0 atom stereocenters. The standard InChI is InChI=1S/C12H12BrNO/c13-11-4-3-5-12(10-11)15-9-8-14-6-1-2-7-14/h1-7,10H,8-9H2. The van der Waals surface area contributed by atoms with Crippen LogP contribution in [0.2, 0.25) is 0 Å². The van der Waals surface area contributed by atoms with Gasteiger partial charge < -0.3 is 9.30 Å². The largest absolute Gasteiger partial charge is 0.492 e. The summed E-state index contributed by atoms with van der Waals surface area (Å²) in [6.45, 7) is 1.56. The van der Waals surface area contributed by atoms with Gasteiger partial charge in [0, 0.05) is 16.9 Å². The van der Waals surface area contributed by atoms with Crippen LogP contribution in [0.5, 0.6) is 5.75 Å². The lowest BCUT2D eigenvalue weighted by Crippen LogP contribution is -2.06. The monoisotopic (exact) mass is 265 g/mol. The molecule has 2 nitrogen and oxygen atoms in total. The SMILES string of the molecule is Brc1cccc(OCCn2cccc2)c1. The van der Waals surface area contributed by atoms with Crippen molar-refractivity contribution in [3.05, 3.63) is 53.3 Å². The molecule has 3 heteroatoms. The van der Waals surface area contributed by atoms with Gasteiger partial charge in [-0.15, -0.1) is 0 Å². The first-order valence-corrected chi connectivity index (χ1v) is 5.63. The fourth-order valence-corrected chi connectivity index (χ4v) is 1.72. The van der Waals surface area contributed by atoms with Crippen LogP contribution in [-0.4, -0.2) is 11.2 Å². The molecule has 0 aliphatic rings. The van der Waals surface area contributed by atoms with Crippen molar-refractivity contribution in [3.8, 4) is 5.75 Å². The Morgan fingerprint density at radius 3 is 2.67 bits per heavy atom. The maximum Gasteiger partial charge on any atom is 0.120 e. The fourth-order valence-electron chi connectivity index (χ4n) is 1.34. The third-order valence-electron chi connectivity index (χ3n) is 2.08. The topological polar surface area (TPSA) is 14.2 Å². The number of rotatable bonds is 4. The van der Waals surface area contributed by atoms with Crippen LogP contribution in [0.15, 0.2) is 53.3 Å². The normalized spacial score (nSPS) is 10.2. The van der Waals surface area contributed by atoms with Crippen LogP contribution in [0.25, 0.3) is 0 Å². The van der Waals surface area contributed by atoms with Gasteiger partial charge in [-0.05, 0) is 30.3 Å². The van der Waals surface area contributed by atoms with Crippen molar-refractivity contribution in [2.45, 2.75) is 6.54 Å². The minimum Gasteiger partial charge on any atom is -0.492 e. The summed E-state index contributed by atoms with van der Waals surface area (Å²) in [4.78, 5) is 0. The van der Waals surface area contributed by atoms with Gasteiger partial charge in [0.15, 0.2) is 0 Å². The average Bonchev–Trinajstić information content (AvgIpc) is 2.71. The molecule has 0 aliphatic heterocycles. The minimum atomic E-state index is 0.686. The molecule has 1 heterocycles. The zero-order valence-electron chi connectivity index (χ0n) is 8.27. The molecular weight excluding hydrogens is 254 g/mol. The van der Waals surface area contributed by atoms with E-state index in [2.05, 4.69) is 20.5 Å². The fraction of sp³-hybridized carbons (Fsp3) is 0.167. The number of ether oxygens (including phenoxy) is 1. The summed E-state index contributed by atoms with van der Waals surface area (Å²) in [5.41, 5.74) is 0. The van der Waals surface area contributed by atoms with Crippen molar-refractivity contribution in [3.63, 3.8) is 0 Å². The lowest BCUT2D eigenvalue weighted by atomic mass is 10.3. The van der Waals surface area contributed by atoms with Gasteiger partial charge in [0.1, 0.15) is 12.4 Å². The van der Waals surface area contributed by atoms with Crippen LogP contribution in [-0.2, 0) is 6.54 Å². The Hall–Kier alpha value is -1.22. The quantitative estimate of drug-likeness (QED) is 0.827. The van der Waals surface area contributed by atoms with Gasteiger partial charge in [-0.2, -0.15) is 0 Å². The predicted octanol–water partition coefficient (Wildman–Crippen LogP) is 3.33. The molecule has 0 bridgehead atoms. The third-order valence-corrected chi connectivity index (χ3v) is 2.57. The van der Waals surface area contributed by atoms with E-state index in [4.69, 9.17) is 4.74 Å². The molecule has 0 spiro atoms. The van der Waals surface area contributed by atoms with E-state index < -0.39 is 0 Å². The third kappa shape index (κ3) is 3.13. The Balaban J connectivity index is 1.83. The highest BCUT2D eigenvalue weighted by molar-refractivity contribution is 9.10. The van der Waals surface area contributed by atoms with Gasteiger partial charge in [0.25, 0.3) is 0 Å². The molecule has 0 amide bonds. The first kappa shape index (κ1) is 10.3. The number of nitrogens with zero attached hydrogens (tertiary/aromatic N) is 1. The summed E-state index contributed by atoms with van der Waals surface area (Å²) in [5, 5.41) is 0. The minimum absolute atomic E-state index is 0.686. The highest BCUT2D eigenvalue weighted by Crippen LogP contribution is 2.17. The van der Waals surface area contributed by atoms with E-state index in [1.807, 2.05) is 48.8 Å². The van der Waals surface area contributed by atoms with Crippen LogP contribution in [0.1, 0.15) is 0 Å². The molecule has 0 radical (unpaired) electrons. The van der Waals surface area contributed by atoms with E-state index in [1.54, 1.807) is 0 Å². The molecule has 2 rings (SSSR count). The Bertz CT molecular complexity index is 411. The smallest absolute Gasteiger partial charge is 0.120 e. The summed E-state index contributed by atoms with van der Waals surface area (Å²) in [6, 6.07) is 11.9. The Morgan fingerprint density at radius 1 is 1.13 bits per heavy atom. The summed E-state index contributed by atoms with van der Waals surface area (Å²) in [6.07, 6.45) is 4.06. The van der Waals surface area contributed by atoms with Crippen molar-refractivity contribution in [1.29, 1.82) is 0 Å². The molecular formula is C12H12BrNO. The summed E-state index contributed by atoms with van der Waals surface area (Å²) in [7, 11) is 0. The predicted molar refractivity (Wildman–Crippen MR) is 64.1 cm³/mol. The zero-order chi connectivity index (χ0) is 10.5. The second-order valence-electron chi connectivity index (χ2n) is 3.23. The molecule has 15 heavy (non-hydrogen) atoms. The first-order chi connectivity index (χ1) is 7.34. The number of aromatic nitrogens is 1. The number of hydrogen-bond donors (Lipinski definition) is 0. The molecule has 0 saturated heterocycles. The van der Waals surface area contributed by atoms with E-state index in [0.717, 1.165) is 16.8 Å². The summed E-state index contributed by atoms with van der Waals surface area (Å²) in [5.74, 6) is 0.900. The van der Waals surface area contributed by atoms with Crippen LogP contribution in [0.4, 0.5) is 0 Å². The molecule has 0 N–H and O–H groups in total. The van der Waals surface area contributed by atoms with Gasteiger partial charge in [-0.25, -0.2) is 0 Å². The second-order valence-corrected chi connectivity index (χ2v) is 4.14. The van der Waals surface area contributed by atoms with E-state index >= 15 is 0 Å². The van der Waals surface area contributed by atoms with Gasteiger partial charge >= 0.3 is 0 Å². The van der Waals surface area contributed by atoms with Crippen molar-refractivity contribution in [2.75, 3.05) is 6.61 Å². The molecule has 1 aromatic heterocycles. The molecule has 1 aromatic carbocycles. The summed E-state index contributed by atoms with van der Waals surface area (Å²) >= 11 is 3.41. The second kappa shape index (κ2) is 5.03. The van der Waals surface area contributed by atoms with Crippen LogP contribution < -0.4 is 4.74 Å². The van der Waals surface area contributed by atoms with Gasteiger partial charge in [0.2, 0.25) is 0 Å². The van der Waals surface area contributed by atoms with Gasteiger partial charge in [0.05, 0.1) is 6.54 Å². The van der Waals surface area contributed by atoms with Crippen molar-refractivity contribution in [2.24, 2.45) is 0 Å². The van der Waals surface area contributed by atoms with Gasteiger partial charge in [-0.3, -0.25) is 0 Å². The molecule has 0 fully saturated rings. The maximum atomic E-state index is 5.61. The molecule has 0 saturated carbocycles. The van der Waals surface area contributed by atoms with E-state index in [0.29, 0.717) is 6.61 Å². The Kier molecular flexibility index (Phi) is 3.45. The van der Waals surface area contributed by atoms with Crippen LogP contribution in [0.3, 0.4) is 0 Å². The molecule has 78 valence electrons. The molecule has 0 unspecified atom stereocenters. The van der Waals surface area contributed by atoms with Crippen LogP contribution >= 0.6 is 15.9 Å². The zero-order valence-corrected chi connectivity index (χ0v) is 9.85. The average molecular weight is 266 g/mol. The first-order valence-electron chi connectivity index (χ1n) is 4.84.